The van der Waals surface area contributed by atoms with Crippen LogP contribution in [-0.2, 0) is 0 Å². The van der Waals surface area contributed by atoms with Crippen LogP contribution in [-0.4, -0.2) is 14.9 Å². The Hall–Kier alpha value is -1.73. The molecule has 2 aromatic rings. The summed E-state index contributed by atoms with van der Waals surface area (Å²) in [4.78, 5) is 18.2. The number of halogens is 2. The SMILES string of the molecule is O=[N+]([O-])c1c(Cl)ncnc1Sc1ccc(F)cc1. The molecule has 0 N–H and O–H groups in total. The van der Waals surface area contributed by atoms with Gasteiger partial charge in [-0.25, -0.2) is 14.4 Å². The van der Waals surface area contributed by atoms with Gasteiger partial charge >= 0.3 is 5.69 Å². The van der Waals surface area contributed by atoms with Crippen LogP contribution in [0.5, 0.6) is 0 Å². The number of nitrogens with zero attached hydrogens (tertiary/aromatic N) is 3. The van der Waals surface area contributed by atoms with Crippen molar-refractivity contribution in [3.63, 3.8) is 0 Å². The van der Waals surface area contributed by atoms with Crippen LogP contribution in [0.3, 0.4) is 0 Å². The van der Waals surface area contributed by atoms with E-state index in [1.165, 1.54) is 24.3 Å². The van der Waals surface area contributed by atoms with Crippen molar-refractivity contribution in [1.29, 1.82) is 0 Å². The summed E-state index contributed by atoms with van der Waals surface area (Å²) in [7, 11) is 0. The van der Waals surface area contributed by atoms with Crippen molar-refractivity contribution in [3.8, 4) is 0 Å². The first-order valence-electron chi connectivity index (χ1n) is 4.66. The van der Waals surface area contributed by atoms with Gasteiger partial charge in [-0.15, -0.1) is 0 Å². The van der Waals surface area contributed by atoms with E-state index in [0.717, 1.165) is 18.1 Å². The average Bonchev–Trinajstić information content (AvgIpc) is 2.32. The maximum Gasteiger partial charge on any atom is 0.338 e. The third kappa shape index (κ3) is 2.74. The van der Waals surface area contributed by atoms with Gasteiger partial charge in [0, 0.05) is 4.90 Å². The summed E-state index contributed by atoms with van der Waals surface area (Å²) in [6.07, 6.45) is 1.14. The molecule has 0 saturated carbocycles. The van der Waals surface area contributed by atoms with Crippen molar-refractivity contribution in [2.24, 2.45) is 0 Å². The third-order valence-corrected chi connectivity index (χ3v) is 3.23. The Kier molecular flexibility index (Phi) is 3.73. The Balaban J connectivity index is 2.37. The lowest BCUT2D eigenvalue weighted by Gasteiger charge is -2.02. The van der Waals surface area contributed by atoms with E-state index < -0.39 is 4.92 Å². The monoisotopic (exact) mass is 285 g/mol. The highest BCUT2D eigenvalue weighted by molar-refractivity contribution is 7.99. The van der Waals surface area contributed by atoms with Gasteiger partial charge in [0.25, 0.3) is 0 Å². The van der Waals surface area contributed by atoms with Crippen molar-refractivity contribution in [2.45, 2.75) is 9.92 Å². The quantitative estimate of drug-likeness (QED) is 0.491. The molecular weight excluding hydrogens is 281 g/mol. The first-order chi connectivity index (χ1) is 8.58. The largest absolute Gasteiger partial charge is 0.338 e. The molecule has 5 nitrogen and oxygen atoms in total. The second-order valence-electron chi connectivity index (χ2n) is 3.13. The molecule has 18 heavy (non-hydrogen) atoms. The van der Waals surface area contributed by atoms with Crippen molar-refractivity contribution in [3.05, 3.63) is 51.7 Å². The van der Waals surface area contributed by atoms with Crippen molar-refractivity contribution >= 4 is 29.1 Å². The maximum absolute atomic E-state index is 12.7. The van der Waals surface area contributed by atoms with Crippen LogP contribution in [0.1, 0.15) is 0 Å². The van der Waals surface area contributed by atoms with Gasteiger partial charge in [0.2, 0.25) is 5.15 Å². The minimum Gasteiger partial charge on any atom is -0.258 e. The third-order valence-electron chi connectivity index (χ3n) is 1.95. The predicted molar refractivity (Wildman–Crippen MR) is 64.2 cm³/mol. The molecule has 0 atom stereocenters. The Bertz CT molecular complexity index is 594. The van der Waals surface area contributed by atoms with E-state index in [4.69, 9.17) is 11.6 Å². The van der Waals surface area contributed by atoms with E-state index in [2.05, 4.69) is 9.97 Å². The average molecular weight is 286 g/mol. The lowest BCUT2D eigenvalue weighted by Crippen LogP contribution is -1.96. The summed E-state index contributed by atoms with van der Waals surface area (Å²) < 4.78 is 12.7. The van der Waals surface area contributed by atoms with Crippen LogP contribution in [0, 0.1) is 15.9 Å². The zero-order valence-corrected chi connectivity index (χ0v) is 10.3. The van der Waals surface area contributed by atoms with Crippen LogP contribution in [0.15, 0.2) is 40.5 Å². The molecule has 1 aromatic carbocycles. The van der Waals surface area contributed by atoms with Gasteiger partial charge in [0.1, 0.15) is 12.1 Å². The van der Waals surface area contributed by atoms with E-state index in [-0.39, 0.29) is 21.7 Å². The number of rotatable bonds is 3. The number of hydrogen-bond donors (Lipinski definition) is 0. The number of aromatic nitrogens is 2. The molecule has 0 aliphatic carbocycles. The molecule has 0 spiro atoms. The molecule has 0 saturated heterocycles. The molecule has 92 valence electrons. The molecule has 8 heteroatoms. The van der Waals surface area contributed by atoms with Gasteiger partial charge in [0.05, 0.1) is 4.92 Å². The smallest absolute Gasteiger partial charge is 0.258 e. The molecule has 0 radical (unpaired) electrons. The van der Waals surface area contributed by atoms with Gasteiger partial charge < -0.3 is 0 Å². The van der Waals surface area contributed by atoms with Crippen molar-refractivity contribution in [2.75, 3.05) is 0 Å². The van der Waals surface area contributed by atoms with Gasteiger partial charge in [0.15, 0.2) is 5.03 Å². The van der Waals surface area contributed by atoms with Crippen molar-refractivity contribution in [1.82, 2.24) is 9.97 Å². The fourth-order valence-corrected chi connectivity index (χ4v) is 2.31. The van der Waals surface area contributed by atoms with Gasteiger partial charge in [-0.1, -0.05) is 23.4 Å². The minimum atomic E-state index is -0.645. The molecule has 1 aromatic heterocycles. The lowest BCUT2D eigenvalue weighted by molar-refractivity contribution is -0.388. The standard InChI is InChI=1S/C10H5ClFN3O2S/c11-9-8(15(16)17)10(14-5-13-9)18-7-3-1-6(12)2-4-7/h1-5H. The minimum absolute atomic E-state index is 0.117. The summed E-state index contributed by atoms with van der Waals surface area (Å²) in [5.41, 5.74) is -0.353. The summed E-state index contributed by atoms with van der Waals surface area (Å²) in [6, 6.07) is 5.52. The summed E-state index contributed by atoms with van der Waals surface area (Å²) in [5, 5.41) is 10.7. The second kappa shape index (κ2) is 5.28. The zero-order valence-electron chi connectivity index (χ0n) is 8.71. The fraction of sp³-hybridized carbons (Fsp3) is 0. The highest BCUT2D eigenvalue weighted by atomic mass is 35.5. The first-order valence-corrected chi connectivity index (χ1v) is 5.85. The lowest BCUT2D eigenvalue weighted by atomic mass is 10.4. The molecule has 2 rings (SSSR count). The zero-order chi connectivity index (χ0) is 13.1. The molecule has 1 heterocycles. The first kappa shape index (κ1) is 12.7. The molecule has 0 amide bonds. The predicted octanol–water partition coefficient (Wildman–Crippen LogP) is 3.33. The van der Waals surface area contributed by atoms with Crippen LogP contribution in [0.2, 0.25) is 5.15 Å². The number of benzene rings is 1. The highest BCUT2D eigenvalue weighted by Crippen LogP contribution is 2.35. The molecule has 0 unspecified atom stereocenters. The van der Waals surface area contributed by atoms with E-state index in [1.807, 2.05) is 0 Å². The molecule has 0 aliphatic rings. The van der Waals surface area contributed by atoms with Crippen LogP contribution >= 0.6 is 23.4 Å². The van der Waals surface area contributed by atoms with Gasteiger partial charge in [-0.2, -0.15) is 0 Å². The van der Waals surface area contributed by atoms with E-state index in [1.54, 1.807) is 0 Å². The molecule has 0 bridgehead atoms. The highest BCUT2D eigenvalue weighted by Gasteiger charge is 2.22. The summed E-state index contributed by atoms with van der Waals surface area (Å²) in [6.45, 7) is 0. The molecule has 0 aliphatic heterocycles. The van der Waals surface area contributed by atoms with Crippen LogP contribution in [0.25, 0.3) is 0 Å². The maximum atomic E-state index is 12.7. The van der Waals surface area contributed by atoms with Gasteiger partial charge in [-0.3, -0.25) is 10.1 Å². The Morgan fingerprint density at radius 3 is 2.56 bits per heavy atom. The van der Waals surface area contributed by atoms with Gasteiger partial charge in [-0.05, 0) is 24.3 Å². The number of hydrogen-bond acceptors (Lipinski definition) is 5. The summed E-state index contributed by atoms with van der Waals surface area (Å²) in [5.74, 6) is -0.380. The van der Waals surface area contributed by atoms with E-state index >= 15 is 0 Å². The summed E-state index contributed by atoms with van der Waals surface area (Å²) >= 11 is 6.67. The van der Waals surface area contributed by atoms with Crippen LogP contribution in [0.4, 0.5) is 10.1 Å². The topological polar surface area (TPSA) is 68.9 Å². The number of nitro groups is 1. The Labute approximate surface area is 110 Å². The van der Waals surface area contributed by atoms with E-state index in [0.29, 0.717) is 4.90 Å². The Morgan fingerprint density at radius 2 is 1.94 bits per heavy atom. The van der Waals surface area contributed by atoms with Crippen molar-refractivity contribution < 1.29 is 9.31 Å². The molecule has 0 fully saturated rings. The van der Waals surface area contributed by atoms with E-state index in [9.17, 15) is 14.5 Å². The second-order valence-corrected chi connectivity index (χ2v) is 4.55. The Morgan fingerprint density at radius 1 is 1.28 bits per heavy atom. The molecular formula is C10H5ClFN3O2S. The van der Waals surface area contributed by atoms with Crippen LogP contribution < -0.4 is 0 Å². The normalized spacial score (nSPS) is 10.3. The fourth-order valence-electron chi connectivity index (χ4n) is 1.18.